The molecule has 2 saturated heterocycles. The number of hydrogen-bond donors (Lipinski definition) is 1. The SMILES string of the molecule is Fc1ccc(C[C@@H]2C[C@H]3CC[C@@H]2NC3)cc1. The van der Waals surface area contributed by atoms with E-state index in [4.69, 9.17) is 0 Å². The summed E-state index contributed by atoms with van der Waals surface area (Å²) in [6.45, 7) is 1.21. The zero-order valence-electron chi connectivity index (χ0n) is 9.45. The molecule has 1 N–H and O–H groups in total. The van der Waals surface area contributed by atoms with E-state index in [9.17, 15) is 4.39 Å². The Hall–Kier alpha value is -0.890. The molecule has 0 radical (unpaired) electrons. The number of piperidine rings is 2. The Bertz CT molecular complexity index is 352. The van der Waals surface area contributed by atoms with E-state index < -0.39 is 0 Å². The third-order valence-electron chi connectivity index (χ3n) is 4.17. The third kappa shape index (κ3) is 1.99. The molecule has 3 atom stereocenters. The summed E-state index contributed by atoms with van der Waals surface area (Å²) < 4.78 is 12.8. The van der Waals surface area contributed by atoms with Gasteiger partial charge < -0.3 is 5.32 Å². The first-order valence-corrected chi connectivity index (χ1v) is 6.29. The lowest BCUT2D eigenvalue weighted by molar-refractivity contribution is 0.137. The van der Waals surface area contributed by atoms with E-state index in [1.807, 2.05) is 12.1 Å². The first-order chi connectivity index (χ1) is 7.81. The second kappa shape index (κ2) is 4.17. The number of fused-ring (bicyclic) bond motifs is 3. The second-order valence-corrected chi connectivity index (χ2v) is 5.28. The molecule has 16 heavy (non-hydrogen) atoms. The van der Waals surface area contributed by atoms with E-state index in [1.54, 1.807) is 12.1 Å². The molecule has 86 valence electrons. The minimum absolute atomic E-state index is 0.132. The monoisotopic (exact) mass is 219 g/mol. The molecule has 2 heterocycles. The Labute approximate surface area is 96.1 Å². The molecule has 1 nitrogen and oxygen atoms in total. The lowest BCUT2D eigenvalue weighted by atomic mass is 9.72. The van der Waals surface area contributed by atoms with Crippen LogP contribution in [0, 0.1) is 17.7 Å². The van der Waals surface area contributed by atoms with Crippen LogP contribution in [0.2, 0.25) is 0 Å². The van der Waals surface area contributed by atoms with Crippen LogP contribution in [0.3, 0.4) is 0 Å². The smallest absolute Gasteiger partial charge is 0.123 e. The Kier molecular flexibility index (Phi) is 2.68. The van der Waals surface area contributed by atoms with Crippen LogP contribution in [-0.2, 0) is 6.42 Å². The molecule has 1 aliphatic carbocycles. The fourth-order valence-corrected chi connectivity index (χ4v) is 3.28. The van der Waals surface area contributed by atoms with E-state index >= 15 is 0 Å². The van der Waals surface area contributed by atoms with Crippen molar-refractivity contribution in [2.75, 3.05) is 6.54 Å². The van der Waals surface area contributed by atoms with Crippen molar-refractivity contribution in [2.24, 2.45) is 11.8 Å². The maximum atomic E-state index is 12.8. The summed E-state index contributed by atoms with van der Waals surface area (Å²) in [4.78, 5) is 0. The van der Waals surface area contributed by atoms with Crippen molar-refractivity contribution in [3.05, 3.63) is 35.6 Å². The average molecular weight is 219 g/mol. The summed E-state index contributed by atoms with van der Waals surface area (Å²) in [5, 5.41) is 3.63. The number of rotatable bonds is 2. The molecule has 3 fully saturated rings. The van der Waals surface area contributed by atoms with Crippen molar-refractivity contribution >= 4 is 0 Å². The molecule has 3 aliphatic rings. The lowest BCUT2D eigenvalue weighted by Crippen LogP contribution is -2.50. The molecule has 1 saturated carbocycles. The fraction of sp³-hybridized carbons (Fsp3) is 0.571. The van der Waals surface area contributed by atoms with Gasteiger partial charge in [0.25, 0.3) is 0 Å². The van der Waals surface area contributed by atoms with E-state index in [-0.39, 0.29) is 5.82 Å². The van der Waals surface area contributed by atoms with Gasteiger partial charge in [0.15, 0.2) is 0 Å². The second-order valence-electron chi connectivity index (χ2n) is 5.28. The molecule has 1 aromatic carbocycles. The molecule has 1 aromatic rings. The zero-order valence-corrected chi connectivity index (χ0v) is 9.45. The average Bonchev–Trinajstić information content (AvgIpc) is 2.34. The van der Waals surface area contributed by atoms with E-state index in [0.29, 0.717) is 6.04 Å². The summed E-state index contributed by atoms with van der Waals surface area (Å²) in [6, 6.07) is 7.71. The van der Waals surface area contributed by atoms with Gasteiger partial charge >= 0.3 is 0 Å². The maximum absolute atomic E-state index is 12.8. The number of halogens is 1. The summed E-state index contributed by atoms with van der Waals surface area (Å²) in [7, 11) is 0. The molecular weight excluding hydrogens is 201 g/mol. The van der Waals surface area contributed by atoms with Gasteiger partial charge in [0.1, 0.15) is 5.82 Å². The standard InChI is InChI=1S/C14H18FN/c15-13-4-1-10(2-5-13)7-12-8-11-3-6-14(12)16-9-11/h1-2,4-5,11-12,14,16H,3,6-9H2/t11-,12-,14+/m1/s1. The van der Waals surface area contributed by atoms with Crippen LogP contribution in [0.5, 0.6) is 0 Å². The Morgan fingerprint density at radius 3 is 2.56 bits per heavy atom. The number of hydrogen-bond acceptors (Lipinski definition) is 1. The quantitative estimate of drug-likeness (QED) is 0.806. The molecular formula is C14H18FN. The highest BCUT2D eigenvalue weighted by Gasteiger charge is 2.34. The Morgan fingerprint density at radius 2 is 2.00 bits per heavy atom. The summed E-state index contributed by atoms with van der Waals surface area (Å²) in [5.74, 6) is 1.51. The zero-order chi connectivity index (χ0) is 11.0. The van der Waals surface area contributed by atoms with Gasteiger partial charge in [0, 0.05) is 6.04 Å². The van der Waals surface area contributed by atoms with Crippen LogP contribution in [0.25, 0.3) is 0 Å². The highest BCUT2D eigenvalue weighted by Crippen LogP contribution is 2.35. The van der Waals surface area contributed by atoms with E-state index in [1.165, 1.54) is 31.4 Å². The number of benzene rings is 1. The van der Waals surface area contributed by atoms with Gasteiger partial charge in [-0.1, -0.05) is 12.1 Å². The van der Waals surface area contributed by atoms with E-state index in [2.05, 4.69) is 5.32 Å². The Balaban J connectivity index is 1.68. The van der Waals surface area contributed by atoms with Crippen molar-refractivity contribution in [3.63, 3.8) is 0 Å². The van der Waals surface area contributed by atoms with Crippen molar-refractivity contribution in [1.29, 1.82) is 0 Å². The number of nitrogens with one attached hydrogen (secondary N) is 1. The van der Waals surface area contributed by atoms with Crippen molar-refractivity contribution in [3.8, 4) is 0 Å². The third-order valence-corrected chi connectivity index (χ3v) is 4.17. The van der Waals surface area contributed by atoms with Gasteiger partial charge in [0.2, 0.25) is 0 Å². The molecule has 0 aromatic heterocycles. The van der Waals surface area contributed by atoms with E-state index in [0.717, 1.165) is 18.3 Å². The summed E-state index contributed by atoms with van der Waals surface area (Å²) in [6.07, 6.45) is 5.19. The normalized spacial score (nSPS) is 32.9. The van der Waals surface area contributed by atoms with Gasteiger partial charge in [-0.05, 0) is 61.8 Å². The first-order valence-electron chi connectivity index (χ1n) is 6.29. The molecule has 2 bridgehead atoms. The molecule has 4 rings (SSSR count). The van der Waals surface area contributed by atoms with Crippen molar-refractivity contribution in [1.82, 2.24) is 5.32 Å². The van der Waals surface area contributed by atoms with Gasteiger partial charge in [0.05, 0.1) is 0 Å². The van der Waals surface area contributed by atoms with Gasteiger partial charge in [-0.25, -0.2) is 4.39 Å². The van der Waals surface area contributed by atoms with Crippen molar-refractivity contribution < 1.29 is 4.39 Å². The fourth-order valence-electron chi connectivity index (χ4n) is 3.28. The van der Waals surface area contributed by atoms with Gasteiger partial charge in [-0.15, -0.1) is 0 Å². The topological polar surface area (TPSA) is 12.0 Å². The summed E-state index contributed by atoms with van der Waals surface area (Å²) in [5.41, 5.74) is 1.28. The molecule has 0 amide bonds. The Morgan fingerprint density at radius 1 is 1.19 bits per heavy atom. The van der Waals surface area contributed by atoms with Crippen LogP contribution in [-0.4, -0.2) is 12.6 Å². The maximum Gasteiger partial charge on any atom is 0.123 e. The predicted octanol–water partition coefficient (Wildman–Crippen LogP) is 2.76. The first kappa shape index (κ1) is 10.3. The van der Waals surface area contributed by atoms with Gasteiger partial charge in [-0.2, -0.15) is 0 Å². The highest BCUT2D eigenvalue weighted by atomic mass is 19.1. The van der Waals surface area contributed by atoms with Crippen LogP contribution in [0.15, 0.2) is 24.3 Å². The van der Waals surface area contributed by atoms with Crippen molar-refractivity contribution in [2.45, 2.75) is 31.7 Å². The van der Waals surface area contributed by atoms with Crippen LogP contribution in [0.4, 0.5) is 4.39 Å². The van der Waals surface area contributed by atoms with Crippen LogP contribution >= 0.6 is 0 Å². The van der Waals surface area contributed by atoms with Crippen LogP contribution in [0.1, 0.15) is 24.8 Å². The highest BCUT2D eigenvalue weighted by molar-refractivity contribution is 5.17. The van der Waals surface area contributed by atoms with Gasteiger partial charge in [-0.3, -0.25) is 0 Å². The minimum atomic E-state index is -0.132. The van der Waals surface area contributed by atoms with Crippen LogP contribution < -0.4 is 5.32 Å². The molecule has 2 heteroatoms. The minimum Gasteiger partial charge on any atom is -0.313 e. The molecule has 0 spiro atoms. The molecule has 0 unspecified atom stereocenters. The molecule has 2 aliphatic heterocycles. The largest absolute Gasteiger partial charge is 0.313 e. The lowest BCUT2D eigenvalue weighted by Gasteiger charge is -2.43. The summed E-state index contributed by atoms with van der Waals surface area (Å²) >= 11 is 0. The predicted molar refractivity (Wildman–Crippen MR) is 62.7 cm³/mol.